The molecular formula is C20H26N2O6S. The zero-order chi connectivity index (χ0) is 21.4. The lowest BCUT2D eigenvalue weighted by molar-refractivity contribution is -0.119. The summed E-state index contributed by atoms with van der Waals surface area (Å²) in [6, 6.07) is 11.2. The highest BCUT2D eigenvalue weighted by atomic mass is 32.2. The van der Waals surface area contributed by atoms with Crippen LogP contribution in [0, 0.1) is 6.92 Å². The molecular weight excluding hydrogens is 396 g/mol. The summed E-state index contributed by atoms with van der Waals surface area (Å²) >= 11 is 0. The molecule has 158 valence electrons. The van der Waals surface area contributed by atoms with Gasteiger partial charge in [-0.15, -0.1) is 0 Å². The molecule has 0 aliphatic carbocycles. The van der Waals surface area contributed by atoms with Gasteiger partial charge in [0.1, 0.15) is 22.9 Å². The number of aryl methyl sites for hydroxylation is 1. The third-order valence-corrected chi connectivity index (χ3v) is 5.99. The lowest BCUT2D eigenvalue weighted by atomic mass is 10.2. The van der Waals surface area contributed by atoms with E-state index in [0.717, 1.165) is 9.87 Å². The number of benzene rings is 2. The molecule has 0 fully saturated rings. The number of ether oxygens (including phenoxy) is 2. The quantitative estimate of drug-likeness (QED) is 0.565. The second-order valence-corrected chi connectivity index (χ2v) is 8.12. The summed E-state index contributed by atoms with van der Waals surface area (Å²) in [6.45, 7) is 1.54. The number of aliphatic hydroxyl groups is 1. The van der Waals surface area contributed by atoms with Gasteiger partial charge in [0, 0.05) is 13.2 Å². The molecule has 29 heavy (non-hydrogen) atoms. The summed E-state index contributed by atoms with van der Waals surface area (Å²) in [5.74, 6) is 0.269. The second-order valence-electron chi connectivity index (χ2n) is 6.29. The van der Waals surface area contributed by atoms with Gasteiger partial charge in [-0.3, -0.25) is 9.10 Å². The zero-order valence-electron chi connectivity index (χ0n) is 16.7. The summed E-state index contributed by atoms with van der Waals surface area (Å²) < 4.78 is 38.4. The van der Waals surface area contributed by atoms with E-state index in [1.54, 1.807) is 43.3 Å². The number of hydrogen-bond donors (Lipinski definition) is 2. The Kier molecular flexibility index (Phi) is 7.86. The molecule has 1 amide bonds. The first-order valence-corrected chi connectivity index (χ1v) is 10.5. The van der Waals surface area contributed by atoms with E-state index in [1.807, 2.05) is 0 Å². The number of hydrogen-bond acceptors (Lipinski definition) is 6. The first kappa shape index (κ1) is 22.5. The second kappa shape index (κ2) is 10.1. The molecule has 2 aromatic rings. The lowest BCUT2D eigenvalue weighted by Crippen LogP contribution is -2.41. The van der Waals surface area contributed by atoms with Gasteiger partial charge in [0.05, 0.1) is 19.9 Å². The molecule has 0 spiro atoms. The minimum Gasteiger partial charge on any atom is -0.497 e. The van der Waals surface area contributed by atoms with E-state index >= 15 is 0 Å². The average Bonchev–Trinajstić information content (AvgIpc) is 2.72. The molecule has 2 N–H and O–H groups in total. The Bertz CT molecular complexity index is 928. The number of carbonyl (C=O) groups excluding carboxylic acids is 1. The standard InChI is InChI=1S/C20H26N2O6S/c1-15-5-10-18(28-3)19(13-15)29(25,26)22(14-20(24)21-11-4-12-23)16-6-8-17(27-2)9-7-16/h5-10,13,23H,4,11-12,14H2,1-3H3,(H,21,24). The van der Waals surface area contributed by atoms with E-state index in [4.69, 9.17) is 14.6 Å². The van der Waals surface area contributed by atoms with Crippen molar-refractivity contribution in [1.29, 1.82) is 0 Å². The van der Waals surface area contributed by atoms with Gasteiger partial charge in [0.2, 0.25) is 5.91 Å². The number of carbonyl (C=O) groups is 1. The minimum atomic E-state index is -4.11. The van der Waals surface area contributed by atoms with Crippen LogP contribution in [0.3, 0.4) is 0 Å². The Hall–Kier alpha value is -2.78. The van der Waals surface area contributed by atoms with Gasteiger partial charge >= 0.3 is 0 Å². The molecule has 0 unspecified atom stereocenters. The van der Waals surface area contributed by atoms with Crippen LogP contribution < -0.4 is 19.1 Å². The van der Waals surface area contributed by atoms with Gasteiger partial charge in [-0.2, -0.15) is 0 Å². The zero-order valence-corrected chi connectivity index (χ0v) is 17.5. The van der Waals surface area contributed by atoms with Crippen LogP contribution >= 0.6 is 0 Å². The van der Waals surface area contributed by atoms with Crippen LogP contribution in [0.15, 0.2) is 47.4 Å². The number of sulfonamides is 1. The van der Waals surface area contributed by atoms with E-state index in [9.17, 15) is 13.2 Å². The lowest BCUT2D eigenvalue weighted by Gasteiger charge is -2.25. The number of amides is 1. The predicted octanol–water partition coefficient (Wildman–Crippen LogP) is 1.71. The number of nitrogens with zero attached hydrogens (tertiary/aromatic N) is 1. The van der Waals surface area contributed by atoms with Crippen molar-refractivity contribution in [3.05, 3.63) is 48.0 Å². The molecule has 0 aromatic heterocycles. The topological polar surface area (TPSA) is 105 Å². The van der Waals surface area contributed by atoms with Crippen molar-refractivity contribution in [2.24, 2.45) is 0 Å². The van der Waals surface area contributed by atoms with Gasteiger partial charge in [0.25, 0.3) is 10.0 Å². The Balaban J connectivity index is 2.47. The maximum Gasteiger partial charge on any atom is 0.268 e. The van der Waals surface area contributed by atoms with Crippen LogP contribution in [-0.2, 0) is 14.8 Å². The third-order valence-electron chi connectivity index (χ3n) is 4.19. The van der Waals surface area contributed by atoms with Crippen molar-refractivity contribution < 1.29 is 27.8 Å². The van der Waals surface area contributed by atoms with E-state index in [2.05, 4.69) is 5.32 Å². The molecule has 0 saturated heterocycles. The van der Waals surface area contributed by atoms with Crippen LogP contribution in [0.25, 0.3) is 0 Å². The van der Waals surface area contributed by atoms with Gasteiger partial charge in [-0.1, -0.05) is 6.07 Å². The molecule has 8 nitrogen and oxygen atoms in total. The van der Waals surface area contributed by atoms with Crippen molar-refractivity contribution in [3.8, 4) is 11.5 Å². The van der Waals surface area contributed by atoms with Crippen molar-refractivity contribution in [2.45, 2.75) is 18.2 Å². The molecule has 2 aromatic carbocycles. The third kappa shape index (κ3) is 5.61. The predicted molar refractivity (Wildman–Crippen MR) is 110 cm³/mol. The highest BCUT2D eigenvalue weighted by Gasteiger charge is 2.30. The molecule has 0 aliphatic rings. The number of anilines is 1. The van der Waals surface area contributed by atoms with E-state index in [0.29, 0.717) is 17.9 Å². The summed E-state index contributed by atoms with van der Waals surface area (Å²) in [5, 5.41) is 11.5. The molecule has 0 heterocycles. The molecule has 0 radical (unpaired) electrons. The monoisotopic (exact) mass is 422 g/mol. The minimum absolute atomic E-state index is 0.0287. The molecule has 0 saturated carbocycles. The maximum atomic E-state index is 13.5. The van der Waals surface area contributed by atoms with Crippen LogP contribution in [0.1, 0.15) is 12.0 Å². The van der Waals surface area contributed by atoms with Gasteiger partial charge in [-0.25, -0.2) is 8.42 Å². The number of nitrogens with one attached hydrogen (secondary N) is 1. The van der Waals surface area contributed by atoms with E-state index in [1.165, 1.54) is 20.3 Å². The fourth-order valence-electron chi connectivity index (χ4n) is 2.66. The van der Waals surface area contributed by atoms with Gasteiger partial charge in [-0.05, 0) is 55.3 Å². The maximum absolute atomic E-state index is 13.5. The smallest absolute Gasteiger partial charge is 0.268 e. The Morgan fingerprint density at radius 2 is 1.79 bits per heavy atom. The fourth-order valence-corrected chi connectivity index (χ4v) is 4.33. The first-order chi connectivity index (χ1) is 13.8. The highest BCUT2D eigenvalue weighted by molar-refractivity contribution is 7.93. The Morgan fingerprint density at radius 1 is 1.10 bits per heavy atom. The molecule has 9 heteroatoms. The Labute approximate surface area is 171 Å². The SMILES string of the molecule is COc1ccc(N(CC(=O)NCCCO)S(=O)(=O)c2cc(C)ccc2OC)cc1. The summed E-state index contributed by atoms with van der Waals surface area (Å²) in [4.78, 5) is 12.3. The van der Waals surface area contributed by atoms with Gasteiger partial charge < -0.3 is 19.9 Å². The number of aliphatic hydroxyl groups excluding tert-OH is 1. The first-order valence-electron chi connectivity index (χ1n) is 9.02. The fraction of sp³-hybridized carbons (Fsp3) is 0.350. The van der Waals surface area contributed by atoms with Crippen molar-refractivity contribution in [2.75, 3.05) is 38.2 Å². The summed E-state index contributed by atoms with van der Waals surface area (Å²) in [7, 11) is -1.21. The Morgan fingerprint density at radius 3 is 2.38 bits per heavy atom. The molecule has 2 rings (SSSR count). The molecule has 0 aliphatic heterocycles. The molecule has 0 atom stereocenters. The van der Waals surface area contributed by atoms with E-state index in [-0.39, 0.29) is 23.8 Å². The van der Waals surface area contributed by atoms with Crippen molar-refractivity contribution in [3.63, 3.8) is 0 Å². The average molecular weight is 423 g/mol. The van der Waals surface area contributed by atoms with Crippen LogP contribution in [0.5, 0.6) is 11.5 Å². The summed E-state index contributed by atoms with van der Waals surface area (Å²) in [5.41, 5.74) is 1.05. The van der Waals surface area contributed by atoms with Crippen molar-refractivity contribution in [1.82, 2.24) is 5.32 Å². The van der Waals surface area contributed by atoms with E-state index < -0.39 is 22.5 Å². The highest BCUT2D eigenvalue weighted by Crippen LogP contribution is 2.31. The number of rotatable bonds is 10. The molecule has 0 bridgehead atoms. The van der Waals surface area contributed by atoms with Crippen LogP contribution in [-0.4, -0.2) is 53.3 Å². The number of methoxy groups -OCH3 is 2. The normalized spacial score (nSPS) is 11.0. The van der Waals surface area contributed by atoms with Crippen molar-refractivity contribution >= 4 is 21.6 Å². The van der Waals surface area contributed by atoms with Crippen LogP contribution in [0.2, 0.25) is 0 Å². The largest absolute Gasteiger partial charge is 0.497 e. The van der Waals surface area contributed by atoms with Crippen LogP contribution in [0.4, 0.5) is 5.69 Å². The van der Waals surface area contributed by atoms with Gasteiger partial charge in [0.15, 0.2) is 0 Å². The summed E-state index contributed by atoms with van der Waals surface area (Å²) in [6.07, 6.45) is 0.382.